The number of rotatable bonds is 5. The van der Waals surface area contributed by atoms with E-state index in [1.54, 1.807) is 0 Å². The summed E-state index contributed by atoms with van der Waals surface area (Å²) in [5.74, 6) is 0. The van der Waals surface area contributed by atoms with Gasteiger partial charge in [0.2, 0.25) is 0 Å². The number of fused-ring (bicyclic) bond motifs is 9. The van der Waals surface area contributed by atoms with Crippen LogP contribution in [0.15, 0.2) is 192 Å². The second kappa shape index (κ2) is 12.1. The molecule has 1 aliphatic rings. The SMILES string of the molecule is CC1(C)c2ccccc2-c2cc(N(c3ccc(-c4ccc5ccccc5c4)cc3)c3ccc(-c4ccc5c(ccc6oc7ccccc7c65)c4)cc3)ccc21. The number of anilines is 3. The first-order chi connectivity index (χ1) is 27.0. The number of benzene rings is 9. The van der Waals surface area contributed by atoms with Crippen LogP contribution in [-0.2, 0) is 5.41 Å². The van der Waals surface area contributed by atoms with Gasteiger partial charge >= 0.3 is 0 Å². The fraction of sp³-hybridized carbons (Fsp3) is 0.0566. The molecule has 10 aromatic rings. The molecule has 0 saturated heterocycles. The lowest BCUT2D eigenvalue weighted by atomic mass is 9.82. The molecule has 0 radical (unpaired) electrons. The van der Waals surface area contributed by atoms with Crippen molar-refractivity contribution in [2.75, 3.05) is 4.90 Å². The fourth-order valence-corrected chi connectivity index (χ4v) is 9.00. The molecule has 0 fully saturated rings. The highest BCUT2D eigenvalue weighted by Crippen LogP contribution is 2.50. The zero-order valence-corrected chi connectivity index (χ0v) is 30.8. The maximum atomic E-state index is 6.18. The molecule has 0 N–H and O–H groups in total. The van der Waals surface area contributed by atoms with E-state index >= 15 is 0 Å². The number of furan rings is 1. The van der Waals surface area contributed by atoms with Gasteiger partial charge in [0, 0.05) is 33.2 Å². The molecule has 1 aromatic heterocycles. The van der Waals surface area contributed by atoms with Gasteiger partial charge in [0.15, 0.2) is 0 Å². The molecule has 0 saturated carbocycles. The topological polar surface area (TPSA) is 16.4 Å². The molecule has 0 bridgehead atoms. The predicted molar refractivity (Wildman–Crippen MR) is 232 cm³/mol. The minimum Gasteiger partial charge on any atom is -0.456 e. The zero-order chi connectivity index (χ0) is 36.7. The smallest absolute Gasteiger partial charge is 0.136 e. The summed E-state index contributed by atoms with van der Waals surface area (Å²) in [5.41, 5.74) is 15.3. The van der Waals surface area contributed by atoms with Crippen LogP contribution in [0.25, 0.3) is 76.9 Å². The number of para-hydroxylation sites is 1. The Kier molecular flexibility index (Phi) is 6.93. The minimum absolute atomic E-state index is 0.0468. The molecule has 0 aliphatic heterocycles. The van der Waals surface area contributed by atoms with E-state index in [2.05, 4.69) is 195 Å². The van der Waals surface area contributed by atoms with Gasteiger partial charge in [-0.3, -0.25) is 0 Å². The van der Waals surface area contributed by atoms with Gasteiger partial charge in [-0.05, 0) is 127 Å². The summed E-state index contributed by atoms with van der Waals surface area (Å²) in [7, 11) is 0. The predicted octanol–water partition coefficient (Wildman–Crippen LogP) is 15.0. The quantitative estimate of drug-likeness (QED) is 0.177. The number of hydrogen-bond acceptors (Lipinski definition) is 2. The Labute approximate surface area is 320 Å². The summed E-state index contributed by atoms with van der Waals surface area (Å²) < 4.78 is 6.18. The van der Waals surface area contributed by atoms with Crippen molar-refractivity contribution in [3.63, 3.8) is 0 Å². The normalized spacial score (nSPS) is 13.1. The molecular formula is C53H37NO. The van der Waals surface area contributed by atoms with Crippen molar-refractivity contribution in [1.82, 2.24) is 0 Å². The summed E-state index contributed by atoms with van der Waals surface area (Å²) in [6.07, 6.45) is 0. The maximum Gasteiger partial charge on any atom is 0.136 e. The standard InChI is InChI=1S/C53H37NO/c1-53(2)48-13-7-5-11-45(48)47-33-43(27-29-49(47)53)54(41-23-17-35(18-24-41)38-16-15-34-9-3-4-10-37(34)31-38)42-25-19-36(20-26-42)39-21-28-44-40(32-39)22-30-51-52(44)46-12-6-8-14-50(46)55-51/h3-33H,1-2H3. The Morgan fingerprint density at radius 1 is 0.382 bits per heavy atom. The third kappa shape index (κ3) is 5.02. The van der Waals surface area contributed by atoms with Crippen molar-refractivity contribution in [2.45, 2.75) is 19.3 Å². The molecule has 0 unspecified atom stereocenters. The Morgan fingerprint density at radius 2 is 0.964 bits per heavy atom. The average Bonchev–Trinajstić information content (AvgIpc) is 3.73. The second-order valence-electron chi connectivity index (χ2n) is 15.4. The van der Waals surface area contributed by atoms with Crippen LogP contribution in [0.4, 0.5) is 17.1 Å². The molecule has 2 nitrogen and oxygen atoms in total. The van der Waals surface area contributed by atoms with Crippen molar-refractivity contribution in [3.05, 3.63) is 199 Å². The molecule has 9 aromatic carbocycles. The van der Waals surface area contributed by atoms with Crippen LogP contribution < -0.4 is 4.90 Å². The Morgan fingerprint density at radius 3 is 1.75 bits per heavy atom. The van der Waals surface area contributed by atoms with Gasteiger partial charge in [0.05, 0.1) is 0 Å². The van der Waals surface area contributed by atoms with Crippen LogP contribution in [0.1, 0.15) is 25.0 Å². The van der Waals surface area contributed by atoms with Crippen LogP contribution in [0.3, 0.4) is 0 Å². The minimum atomic E-state index is -0.0468. The van der Waals surface area contributed by atoms with Crippen LogP contribution in [0, 0.1) is 0 Å². The largest absolute Gasteiger partial charge is 0.456 e. The summed E-state index contributed by atoms with van der Waals surface area (Å²) >= 11 is 0. The highest BCUT2D eigenvalue weighted by atomic mass is 16.3. The molecule has 0 amide bonds. The van der Waals surface area contributed by atoms with Crippen LogP contribution >= 0.6 is 0 Å². The van der Waals surface area contributed by atoms with Crippen LogP contribution in [0.5, 0.6) is 0 Å². The van der Waals surface area contributed by atoms with Gasteiger partial charge in [-0.1, -0.05) is 141 Å². The summed E-state index contributed by atoms with van der Waals surface area (Å²) in [6.45, 7) is 4.68. The van der Waals surface area contributed by atoms with E-state index < -0.39 is 0 Å². The van der Waals surface area contributed by atoms with Gasteiger partial charge in [-0.2, -0.15) is 0 Å². The van der Waals surface area contributed by atoms with Gasteiger partial charge in [-0.15, -0.1) is 0 Å². The lowest BCUT2D eigenvalue weighted by Gasteiger charge is -2.27. The van der Waals surface area contributed by atoms with Gasteiger partial charge < -0.3 is 9.32 Å². The fourth-order valence-electron chi connectivity index (χ4n) is 9.00. The zero-order valence-electron chi connectivity index (χ0n) is 30.8. The molecule has 0 atom stereocenters. The van der Waals surface area contributed by atoms with E-state index in [0.29, 0.717) is 0 Å². The second-order valence-corrected chi connectivity index (χ2v) is 15.4. The highest BCUT2D eigenvalue weighted by Gasteiger charge is 2.35. The highest BCUT2D eigenvalue weighted by molar-refractivity contribution is 6.19. The molecule has 260 valence electrons. The Hall–Kier alpha value is -6.90. The van der Waals surface area contributed by atoms with Crippen molar-refractivity contribution in [3.8, 4) is 33.4 Å². The monoisotopic (exact) mass is 703 g/mol. The molecule has 11 rings (SSSR count). The summed E-state index contributed by atoms with van der Waals surface area (Å²) in [4.78, 5) is 2.39. The lowest BCUT2D eigenvalue weighted by molar-refractivity contribution is 0.660. The first-order valence-corrected chi connectivity index (χ1v) is 19.1. The molecule has 0 spiro atoms. The third-order valence-electron chi connectivity index (χ3n) is 11.9. The molecule has 1 aliphatic carbocycles. The van der Waals surface area contributed by atoms with E-state index in [1.165, 1.54) is 71.4 Å². The van der Waals surface area contributed by atoms with Gasteiger partial charge in [0.25, 0.3) is 0 Å². The number of hydrogen-bond donors (Lipinski definition) is 0. The summed E-state index contributed by atoms with van der Waals surface area (Å²) in [5, 5.41) is 7.26. The summed E-state index contributed by atoms with van der Waals surface area (Å²) in [6, 6.07) is 68.6. The molecule has 2 heteroatoms. The van der Waals surface area contributed by atoms with Gasteiger partial charge in [-0.25, -0.2) is 0 Å². The van der Waals surface area contributed by atoms with E-state index in [9.17, 15) is 0 Å². The average molecular weight is 704 g/mol. The molecular weight excluding hydrogens is 667 g/mol. The first-order valence-electron chi connectivity index (χ1n) is 19.1. The van der Waals surface area contributed by atoms with Crippen molar-refractivity contribution >= 4 is 60.5 Å². The number of nitrogens with zero attached hydrogens (tertiary/aromatic N) is 1. The maximum absolute atomic E-state index is 6.18. The van der Waals surface area contributed by atoms with Crippen LogP contribution in [-0.4, -0.2) is 0 Å². The third-order valence-corrected chi connectivity index (χ3v) is 11.9. The van der Waals surface area contributed by atoms with Crippen molar-refractivity contribution < 1.29 is 4.42 Å². The molecule has 1 heterocycles. The van der Waals surface area contributed by atoms with Crippen molar-refractivity contribution in [1.29, 1.82) is 0 Å². The lowest BCUT2D eigenvalue weighted by Crippen LogP contribution is -2.15. The van der Waals surface area contributed by atoms with E-state index in [0.717, 1.165) is 33.6 Å². The van der Waals surface area contributed by atoms with Gasteiger partial charge in [0.1, 0.15) is 11.2 Å². The Bertz CT molecular complexity index is 3110. The van der Waals surface area contributed by atoms with Crippen LogP contribution in [0.2, 0.25) is 0 Å². The van der Waals surface area contributed by atoms with E-state index in [-0.39, 0.29) is 5.41 Å². The van der Waals surface area contributed by atoms with E-state index in [1.807, 2.05) is 12.1 Å². The Balaban J connectivity index is 1.00. The first kappa shape index (κ1) is 31.6. The van der Waals surface area contributed by atoms with E-state index in [4.69, 9.17) is 4.42 Å². The molecule has 55 heavy (non-hydrogen) atoms. The van der Waals surface area contributed by atoms with Crippen molar-refractivity contribution in [2.24, 2.45) is 0 Å².